The maximum atomic E-state index is 11.7. The Kier molecular flexibility index (Phi) is 7.11. The van der Waals surface area contributed by atoms with Crippen LogP contribution >= 0.6 is 22.6 Å². The van der Waals surface area contributed by atoms with Gasteiger partial charge in [-0.15, -0.1) is 6.42 Å². The fraction of sp³-hybridized carbons (Fsp3) is 0.111. The summed E-state index contributed by atoms with van der Waals surface area (Å²) in [5.74, 6) is 3.27. The Morgan fingerprint density at radius 3 is 2.71 bits per heavy atom. The van der Waals surface area contributed by atoms with Crippen LogP contribution in [0, 0.1) is 15.9 Å². The Morgan fingerprint density at radius 2 is 1.96 bits per heavy atom. The van der Waals surface area contributed by atoms with Gasteiger partial charge in [-0.1, -0.05) is 18.1 Å². The maximum Gasteiger partial charge on any atom is 0.277 e. The van der Waals surface area contributed by atoms with Gasteiger partial charge in [-0.2, -0.15) is 5.10 Å². The third kappa shape index (κ3) is 5.93. The van der Waals surface area contributed by atoms with Gasteiger partial charge < -0.3 is 9.47 Å². The van der Waals surface area contributed by atoms with Crippen molar-refractivity contribution in [3.8, 4) is 23.8 Å². The average Bonchev–Trinajstić information content (AvgIpc) is 2.60. The van der Waals surface area contributed by atoms with E-state index in [0.717, 1.165) is 3.57 Å². The molecule has 122 valence electrons. The van der Waals surface area contributed by atoms with E-state index in [-0.39, 0.29) is 19.1 Å². The van der Waals surface area contributed by atoms with Crippen molar-refractivity contribution in [1.29, 1.82) is 0 Å². The molecule has 0 aliphatic rings. The summed E-state index contributed by atoms with van der Waals surface area (Å²) in [5, 5.41) is 3.90. The zero-order valence-electron chi connectivity index (χ0n) is 12.7. The molecule has 0 radical (unpaired) electrons. The number of nitrogens with zero attached hydrogens (tertiary/aromatic N) is 1. The number of halogens is 1. The number of amides is 1. The Labute approximate surface area is 154 Å². The summed E-state index contributed by atoms with van der Waals surface area (Å²) in [6.45, 7) is 0.0498. The lowest BCUT2D eigenvalue weighted by Gasteiger charge is -2.06. The molecule has 0 unspecified atom stereocenters. The van der Waals surface area contributed by atoms with Crippen LogP contribution in [0.3, 0.4) is 0 Å². The fourth-order valence-electron chi connectivity index (χ4n) is 1.72. The van der Waals surface area contributed by atoms with E-state index in [1.54, 1.807) is 18.2 Å². The molecule has 0 atom stereocenters. The lowest BCUT2D eigenvalue weighted by Crippen LogP contribution is -2.24. The number of rotatable bonds is 7. The Morgan fingerprint density at radius 1 is 1.21 bits per heavy atom. The summed E-state index contributed by atoms with van der Waals surface area (Å²) in [5.41, 5.74) is 3.12. The number of terminal acetylenes is 1. The first-order valence-corrected chi connectivity index (χ1v) is 8.12. The van der Waals surface area contributed by atoms with E-state index in [1.165, 1.54) is 6.21 Å². The van der Waals surface area contributed by atoms with E-state index in [0.29, 0.717) is 17.1 Å². The lowest BCUT2D eigenvalue weighted by atomic mass is 10.2. The SMILES string of the molecule is C#CCOc1ccccc1/C=N\NC(=O)COc1ccc(I)cc1. The minimum absolute atomic E-state index is 0.118. The second kappa shape index (κ2) is 9.57. The quantitative estimate of drug-likeness (QED) is 0.316. The standard InChI is InChI=1S/C18H15IN2O3/c1-2-11-23-17-6-4-3-5-14(17)12-20-21-18(22)13-24-16-9-7-15(19)8-10-16/h1,3-10,12H,11,13H2,(H,21,22)/b20-12-. The molecule has 24 heavy (non-hydrogen) atoms. The molecular formula is C18H15IN2O3. The van der Waals surface area contributed by atoms with Crippen molar-refractivity contribution < 1.29 is 14.3 Å². The first kappa shape index (κ1) is 17.8. The molecule has 0 aliphatic carbocycles. The molecule has 0 saturated carbocycles. The highest BCUT2D eigenvalue weighted by Gasteiger charge is 2.02. The maximum absolute atomic E-state index is 11.7. The average molecular weight is 434 g/mol. The largest absolute Gasteiger partial charge is 0.484 e. The van der Waals surface area contributed by atoms with Gasteiger partial charge >= 0.3 is 0 Å². The van der Waals surface area contributed by atoms with Crippen molar-refractivity contribution in [2.24, 2.45) is 5.10 Å². The molecule has 0 saturated heterocycles. The number of hydrogen-bond acceptors (Lipinski definition) is 4. The molecule has 2 aromatic carbocycles. The normalized spacial score (nSPS) is 10.2. The van der Waals surface area contributed by atoms with Gasteiger partial charge in [0, 0.05) is 9.13 Å². The summed E-state index contributed by atoms with van der Waals surface area (Å²) in [7, 11) is 0. The van der Waals surface area contributed by atoms with E-state index in [4.69, 9.17) is 15.9 Å². The minimum atomic E-state index is -0.355. The third-order valence-electron chi connectivity index (χ3n) is 2.81. The lowest BCUT2D eigenvalue weighted by molar-refractivity contribution is -0.123. The zero-order valence-corrected chi connectivity index (χ0v) is 14.9. The van der Waals surface area contributed by atoms with E-state index < -0.39 is 0 Å². The predicted octanol–water partition coefficient (Wildman–Crippen LogP) is 2.83. The second-order valence-corrected chi connectivity index (χ2v) is 5.81. The number of ether oxygens (including phenoxy) is 2. The molecule has 5 nitrogen and oxygen atoms in total. The zero-order chi connectivity index (χ0) is 17.2. The molecule has 0 heterocycles. The first-order chi connectivity index (χ1) is 11.7. The van der Waals surface area contributed by atoms with Crippen LogP contribution in [0.4, 0.5) is 0 Å². The van der Waals surface area contributed by atoms with Gasteiger partial charge in [-0.25, -0.2) is 5.43 Å². The van der Waals surface area contributed by atoms with E-state index >= 15 is 0 Å². The molecule has 1 amide bonds. The van der Waals surface area contributed by atoms with Crippen LogP contribution < -0.4 is 14.9 Å². The molecule has 0 aliphatic heterocycles. The molecule has 2 aromatic rings. The Bertz CT molecular complexity index is 752. The highest BCUT2D eigenvalue weighted by Crippen LogP contribution is 2.15. The molecule has 0 spiro atoms. The van der Waals surface area contributed by atoms with E-state index in [9.17, 15) is 4.79 Å². The van der Waals surface area contributed by atoms with Crippen LogP contribution in [0.1, 0.15) is 5.56 Å². The number of carbonyl (C=O) groups excluding carboxylic acids is 1. The van der Waals surface area contributed by atoms with Crippen LogP contribution in [0.5, 0.6) is 11.5 Å². The number of para-hydroxylation sites is 1. The monoisotopic (exact) mass is 434 g/mol. The van der Waals surface area contributed by atoms with Crippen molar-refractivity contribution in [3.63, 3.8) is 0 Å². The molecule has 0 bridgehead atoms. The van der Waals surface area contributed by atoms with Crippen molar-refractivity contribution >= 4 is 34.7 Å². The van der Waals surface area contributed by atoms with Crippen LogP contribution in [-0.4, -0.2) is 25.3 Å². The summed E-state index contributed by atoms with van der Waals surface area (Å²) in [6, 6.07) is 14.7. The van der Waals surface area contributed by atoms with Gasteiger partial charge in [0.2, 0.25) is 0 Å². The van der Waals surface area contributed by atoms with Crippen molar-refractivity contribution in [1.82, 2.24) is 5.43 Å². The smallest absolute Gasteiger partial charge is 0.277 e. The van der Waals surface area contributed by atoms with Crippen LogP contribution in [0.15, 0.2) is 53.6 Å². The third-order valence-corrected chi connectivity index (χ3v) is 3.53. The van der Waals surface area contributed by atoms with Crippen LogP contribution in [0.2, 0.25) is 0 Å². The molecule has 2 rings (SSSR count). The van der Waals surface area contributed by atoms with Gasteiger partial charge in [0.15, 0.2) is 6.61 Å². The Balaban J connectivity index is 1.84. The number of hydrogen-bond donors (Lipinski definition) is 1. The minimum Gasteiger partial charge on any atom is -0.484 e. The highest BCUT2D eigenvalue weighted by molar-refractivity contribution is 14.1. The van der Waals surface area contributed by atoms with Crippen LogP contribution in [0.25, 0.3) is 0 Å². The van der Waals surface area contributed by atoms with Gasteiger partial charge in [0.25, 0.3) is 5.91 Å². The Hall–Kier alpha value is -2.53. The number of carbonyl (C=O) groups is 1. The molecule has 1 N–H and O–H groups in total. The fourth-order valence-corrected chi connectivity index (χ4v) is 2.08. The molecule has 0 aromatic heterocycles. The summed E-state index contributed by atoms with van der Waals surface area (Å²) in [6.07, 6.45) is 6.67. The summed E-state index contributed by atoms with van der Waals surface area (Å²) < 4.78 is 11.9. The number of benzene rings is 2. The van der Waals surface area contributed by atoms with Crippen LogP contribution in [-0.2, 0) is 4.79 Å². The van der Waals surface area contributed by atoms with Crippen molar-refractivity contribution in [3.05, 3.63) is 57.7 Å². The summed E-state index contributed by atoms with van der Waals surface area (Å²) in [4.78, 5) is 11.7. The molecule has 6 heteroatoms. The number of hydrazone groups is 1. The molecule has 0 fully saturated rings. The molecular weight excluding hydrogens is 419 g/mol. The van der Waals surface area contributed by atoms with E-state index in [2.05, 4.69) is 39.0 Å². The first-order valence-electron chi connectivity index (χ1n) is 7.04. The topological polar surface area (TPSA) is 59.9 Å². The van der Waals surface area contributed by atoms with Crippen molar-refractivity contribution in [2.75, 3.05) is 13.2 Å². The second-order valence-electron chi connectivity index (χ2n) is 4.57. The van der Waals surface area contributed by atoms with E-state index in [1.807, 2.05) is 30.3 Å². The van der Waals surface area contributed by atoms with Gasteiger partial charge in [-0.3, -0.25) is 4.79 Å². The predicted molar refractivity (Wildman–Crippen MR) is 101 cm³/mol. The van der Waals surface area contributed by atoms with Crippen molar-refractivity contribution in [2.45, 2.75) is 0 Å². The highest BCUT2D eigenvalue weighted by atomic mass is 127. The van der Waals surface area contributed by atoms with Gasteiger partial charge in [0.1, 0.15) is 18.1 Å². The van der Waals surface area contributed by atoms with Gasteiger partial charge in [-0.05, 0) is 59.0 Å². The number of nitrogens with one attached hydrogen (secondary N) is 1. The van der Waals surface area contributed by atoms with Gasteiger partial charge in [0.05, 0.1) is 6.21 Å². The summed E-state index contributed by atoms with van der Waals surface area (Å²) >= 11 is 2.20.